The molecule has 0 aromatic heterocycles. The summed E-state index contributed by atoms with van der Waals surface area (Å²) in [5, 5.41) is 11.3. The molecule has 4 heteroatoms. The van der Waals surface area contributed by atoms with Gasteiger partial charge in [-0.3, -0.25) is 4.79 Å². The maximum absolute atomic E-state index is 12.0. The van der Waals surface area contributed by atoms with Crippen LogP contribution in [-0.4, -0.2) is 29.6 Å². The second-order valence-corrected chi connectivity index (χ2v) is 10.5. The molecule has 0 amide bonds. The highest BCUT2D eigenvalue weighted by Gasteiger charge is 2.67. The van der Waals surface area contributed by atoms with Crippen molar-refractivity contribution in [2.45, 2.75) is 84.2 Å². The van der Waals surface area contributed by atoms with Crippen LogP contribution in [0.1, 0.15) is 78.6 Å². The van der Waals surface area contributed by atoms with Crippen LogP contribution >= 0.6 is 0 Å². The van der Waals surface area contributed by atoms with Crippen molar-refractivity contribution >= 4 is 12.3 Å². The molecule has 0 radical (unpaired) electrons. The zero-order chi connectivity index (χ0) is 18.8. The highest BCUT2D eigenvalue weighted by atomic mass is 16.5. The minimum atomic E-state index is -0.855. The van der Waals surface area contributed by atoms with Crippen molar-refractivity contribution < 1.29 is 19.4 Å². The number of hydrogen-bond acceptors (Lipinski definition) is 4. The van der Waals surface area contributed by atoms with Crippen LogP contribution in [0.4, 0.5) is 0 Å². The van der Waals surface area contributed by atoms with E-state index in [9.17, 15) is 14.7 Å². The molecule has 5 fully saturated rings. The van der Waals surface area contributed by atoms with Crippen LogP contribution in [0.3, 0.4) is 0 Å². The maximum atomic E-state index is 12.0. The van der Waals surface area contributed by atoms with Gasteiger partial charge in [-0.2, -0.15) is 0 Å². The van der Waals surface area contributed by atoms with Crippen LogP contribution in [0, 0.1) is 34.0 Å². The summed E-state index contributed by atoms with van der Waals surface area (Å²) < 4.78 is 5.26. The van der Waals surface area contributed by atoms with Crippen LogP contribution in [0.2, 0.25) is 0 Å². The summed E-state index contributed by atoms with van der Waals surface area (Å²) in [6.07, 6.45) is 10.8. The molecule has 0 saturated heterocycles. The molecule has 146 valence electrons. The first-order valence-corrected chi connectivity index (χ1v) is 10.5. The predicted octanol–water partition coefficient (Wildman–Crippen LogP) is 3.89. The third-order valence-electron chi connectivity index (χ3n) is 9.21. The quantitative estimate of drug-likeness (QED) is 0.611. The Morgan fingerprint density at radius 1 is 1.15 bits per heavy atom. The van der Waals surface area contributed by atoms with Crippen molar-refractivity contribution in [3.8, 4) is 0 Å². The van der Waals surface area contributed by atoms with Crippen LogP contribution in [0.5, 0.6) is 0 Å². The van der Waals surface area contributed by atoms with E-state index in [1.165, 1.54) is 26.1 Å². The van der Waals surface area contributed by atoms with Crippen LogP contribution < -0.4 is 0 Å². The van der Waals surface area contributed by atoms with E-state index in [2.05, 4.69) is 13.8 Å². The Labute approximate surface area is 157 Å². The van der Waals surface area contributed by atoms with E-state index >= 15 is 0 Å². The van der Waals surface area contributed by atoms with Gasteiger partial charge in [0.2, 0.25) is 0 Å². The number of carbonyl (C=O) groups excluding carboxylic acids is 2. The molecular formula is C22H34O4. The Hall–Kier alpha value is -0.900. The summed E-state index contributed by atoms with van der Waals surface area (Å²) in [6.45, 7) is 6.18. The average Bonchev–Trinajstić information content (AvgIpc) is 2.59. The SMILES string of the molecule is CC(=O)OC[C@@]1(O)C[C@]23CC[C@@H]1C[C@H]2[C@]1(C)CCC[C@@](C)(C=O)[C@H]1CC3. The van der Waals surface area contributed by atoms with Gasteiger partial charge in [0.15, 0.2) is 0 Å². The highest BCUT2D eigenvalue weighted by molar-refractivity contribution is 5.66. The largest absolute Gasteiger partial charge is 0.463 e. The third kappa shape index (κ3) is 2.43. The molecule has 7 atom stereocenters. The smallest absolute Gasteiger partial charge is 0.302 e. The second kappa shape index (κ2) is 5.80. The van der Waals surface area contributed by atoms with Gasteiger partial charge in [-0.1, -0.05) is 20.3 Å². The monoisotopic (exact) mass is 362 g/mol. The van der Waals surface area contributed by atoms with Crippen LogP contribution in [0.15, 0.2) is 0 Å². The first-order valence-electron chi connectivity index (χ1n) is 10.5. The van der Waals surface area contributed by atoms with Crippen molar-refractivity contribution in [1.29, 1.82) is 0 Å². The Morgan fingerprint density at radius 3 is 2.58 bits per heavy atom. The molecule has 0 heterocycles. The van der Waals surface area contributed by atoms with E-state index < -0.39 is 5.60 Å². The molecule has 5 rings (SSSR count). The maximum Gasteiger partial charge on any atom is 0.302 e. The molecule has 2 bridgehead atoms. The van der Waals surface area contributed by atoms with E-state index in [0.717, 1.165) is 44.9 Å². The Kier molecular flexibility index (Phi) is 4.12. The molecular weight excluding hydrogens is 328 g/mol. The molecule has 1 spiro atoms. The van der Waals surface area contributed by atoms with Gasteiger partial charge in [-0.25, -0.2) is 0 Å². The minimum Gasteiger partial charge on any atom is -0.463 e. The predicted molar refractivity (Wildman–Crippen MR) is 98.3 cm³/mol. The first kappa shape index (κ1) is 18.5. The van der Waals surface area contributed by atoms with Crippen molar-refractivity contribution in [2.24, 2.45) is 34.0 Å². The van der Waals surface area contributed by atoms with Crippen molar-refractivity contribution in [2.75, 3.05) is 6.61 Å². The number of rotatable bonds is 3. The number of aldehydes is 1. The number of carbonyl (C=O) groups is 2. The number of aliphatic hydroxyl groups is 1. The minimum absolute atomic E-state index is 0.146. The van der Waals surface area contributed by atoms with E-state index in [4.69, 9.17) is 4.74 Å². The van der Waals surface area contributed by atoms with Gasteiger partial charge in [-0.15, -0.1) is 0 Å². The lowest BCUT2D eigenvalue weighted by molar-refractivity contribution is -0.244. The topological polar surface area (TPSA) is 63.6 Å². The molecule has 26 heavy (non-hydrogen) atoms. The average molecular weight is 363 g/mol. The van der Waals surface area contributed by atoms with Crippen molar-refractivity contribution in [3.05, 3.63) is 0 Å². The van der Waals surface area contributed by atoms with E-state index in [1.807, 2.05) is 0 Å². The number of hydrogen-bond donors (Lipinski definition) is 1. The summed E-state index contributed by atoms with van der Waals surface area (Å²) in [5.74, 6) is 0.967. The number of ether oxygens (including phenoxy) is 1. The first-order chi connectivity index (χ1) is 12.2. The third-order valence-corrected chi connectivity index (χ3v) is 9.21. The lowest BCUT2D eigenvalue weighted by atomic mass is 9.36. The summed E-state index contributed by atoms with van der Waals surface area (Å²) in [5.41, 5.74) is -0.671. The van der Waals surface area contributed by atoms with Crippen LogP contribution in [0.25, 0.3) is 0 Å². The van der Waals surface area contributed by atoms with E-state index in [0.29, 0.717) is 11.8 Å². The molecule has 4 nitrogen and oxygen atoms in total. The highest BCUT2D eigenvalue weighted by Crippen LogP contribution is 2.72. The van der Waals surface area contributed by atoms with Gasteiger partial charge in [0, 0.05) is 12.3 Å². The number of fused-ring (bicyclic) bond motifs is 3. The Balaban J connectivity index is 1.64. The Bertz CT molecular complexity index is 617. The molecule has 0 aliphatic heterocycles. The zero-order valence-electron chi connectivity index (χ0n) is 16.6. The van der Waals surface area contributed by atoms with E-state index in [-0.39, 0.29) is 34.7 Å². The summed E-state index contributed by atoms with van der Waals surface area (Å²) in [6, 6.07) is 0. The molecule has 5 aliphatic carbocycles. The van der Waals surface area contributed by atoms with E-state index in [1.54, 1.807) is 0 Å². The van der Waals surface area contributed by atoms with Gasteiger partial charge >= 0.3 is 5.97 Å². The fraction of sp³-hybridized carbons (Fsp3) is 0.909. The van der Waals surface area contributed by atoms with Crippen molar-refractivity contribution in [3.63, 3.8) is 0 Å². The Morgan fingerprint density at radius 2 is 1.88 bits per heavy atom. The van der Waals surface area contributed by atoms with Gasteiger partial charge in [0.25, 0.3) is 0 Å². The molecule has 0 aromatic rings. The summed E-state index contributed by atoms with van der Waals surface area (Å²) >= 11 is 0. The second-order valence-electron chi connectivity index (χ2n) is 10.5. The standard InChI is InChI=1S/C22H34O4/c1-15(24)26-14-22(25)12-21-9-5-16(22)11-18(21)20(3)8-4-7-19(2,13-23)17(20)6-10-21/h13,16-18,25H,4-12,14H2,1-3H3/t16-,17-,18+,19+,20-,21-,22+/m1/s1. The summed E-state index contributed by atoms with van der Waals surface area (Å²) in [7, 11) is 0. The molecule has 5 saturated carbocycles. The fourth-order valence-electron chi connectivity index (χ4n) is 8.10. The van der Waals surface area contributed by atoms with Gasteiger partial charge in [0.05, 0.1) is 0 Å². The molecule has 5 aliphatic rings. The van der Waals surface area contributed by atoms with Gasteiger partial charge < -0.3 is 14.6 Å². The van der Waals surface area contributed by atoms with Gasteiger partial charge in [0.1, 0.15) is 18.5 Å². The summed E-state index contributed by atoms with van der Waals surface area (Å²) in [4.78, 5) is 23.3. The zero-order valence-corrected chi connectivity index (χ0v) is 16.6. The molecule has 1 N–H and O–H groups in total. The number of esters is 1. The van der Waals surface area contributed by atoms with Crippen LogP contribution in [-0.2, 0) is 14.3 Å². The molecule has 0 unspecified atom stereocenters. The van der Waals surface area contributed by atoms with Crippen molar-refractivity contribution in [1.82, 2.24) is 0 Å². The fourth-order valence-corrected chi connectivity index (χ4v) is 8.10. The lowest BCUT2D eigenvalue weighted by Crippen LogP contribution is -2.66. The molecule has 0 aromatic carbocycles. The van der Waals surface area contributed by atoms with Gasteiger partial charge in [-0.05, 0) is 80.0 Å². The normalized spacial score (nSPS) is 52.7. The lowest BCUT2D eigenvalue weighted by Gasteiger charge is -2.69.